The molecular weight excluding hydrogens is 276 g/mol. The van der Waals surface area contributed by atoms with Gasteiger partial charge in [0, 0.05) is 31.8 Å². The van der Waals surface area contributed by atoms with Crippen LogP contribution in [0.3, 0.4) is 0 Å². The number of hydrogen-bond acceptors (Lipinski definition) is 3. The number of β-amino-alcohol motifs (C(OH)–C–C–N with tert-alkyl or cyclic N) is 1. The van der Waals surface area contributed by atoms with Crippen LogP contribution in [0.25, 0.3) is 0 Å². The van der Waals surface area contributed by atoms with Crippen LogP contribution in [0.15, 0.2) is 11.6 Å². The number of amides is 1. The topological polar surface area (TPSA) is 52.6 Å². The van der Waals surface area contributed by atoms with Crippen molar-refractivity contribution in [3.05, 3.63) is 11.6 Å². The monoisotopic (exact) mass is 306 g/mol. The zero-order valence-electron chi connectivity index (χ0n) is 13.6. The van der Waals surface area contributed by atoms with Gasteiger partial charge in [-0.15, -0.1) is 0 Å². The Morgan fingerprint density at radius 1 is 1.18 bits per heavy atom. The molecule has 0 aromatic rings. The molecule has 0 atom stereocenters. The van der Waals surface area contributed by atoms with Gasteiger partial charge in [-0.05, 0) is 44.9 Å². The highest BCUT2D eigenvalue weighted by Crippen LogP contribution is 2.29. The molecule has 1 heterocycles. The molecule has 0 aromatic heterocycles. The van der Waals surface area contributed by atoms with Gasteiger partial charge in [-0.1, -0.05) is 24.8 Å². The molecule has 4 nitrogen and oxygen atoms in total. The number of carbonyl (C=O) groups is 1. The van der Waals surface area contributed by atoms with E-state index < -0.39 is 5.60 Å². The fourth-order valence-corrected chi connectivity index (χ4v) is 3.97. The van der Waals surface area contributed by atoms with Gasteiger partial charge in [0.25, 0.3) is 0 Å². The normalized spacial score (nSPS) is 26.3. The predicted molar refractivity (Wildman–Crippen MR) is 87.6 cm³/mol. The maximum absolute atomic E-state index is 11.9. The highest BCUT2D eigenvalue weighted by atomic mass is 16.3. The Morgan fingerprint density at radius 3 is 2.45 bits per heavy atom. The summed E-state index contributed by atoms with van der Waals surface area (Å²) < 4.78 is 0. The number of nitrogens with zero attached hydrogens (tertiary/aromatic N) is 1. The van der Waals surface area contributed by atoms with E-state index in [0.717, 1.165) is 71.0 Å². The van der Waals surface area contributed by atoms with Gasteiger partial charge in [0.1, 0.15) is 0 Å². The summed E-state index contributed by atoms with van der Waals surface area (Å²) in [6.07, 6.45) is 12.8. The van der Waals surface area contributed by atoms with Crippen LogP contribution in [0, 0.1) is 0 Å². The van der Waals surface area contributed by atoms with Crippen molar-refractivity contribution in [2.45, 2.75) is 75.9 Å². The molecule has 22 heavy (non-hydrogen) atoms. The molecule has 1 saturated heterocycles. The first-order valence-electron chi connectivity index (χ1n) is 9.08. The second-order valence-corrected chi connectivity index (χ2v) is 7.50. The summed E-state index contributed by atoms with van der Waals surface area (Å²) in [5.74, 6) is 0.0964. The fraction of sp³-hybridized carbons (Fsp3) is 0.833. The van der Waals surface area contributed by atoms with E-state index >= 15 is 0 Å². The SMILES string of the molecule is O=C(C=C1CCC1)NC1CCN(CC2(O)CCCCC2)CC1. The summed E-state index contributed by atoms with van der Waals surface area (Å²) >= 11 is 0. The molecule has 0 spiro atoms. The van der Waals surface area contributed by atoms with Gasteiger partial charge in [0.05, 0.1) is 5.60 Å². The van der Waals surface area contributed by atoms with Crippen LogP contribution in [0.5, 0.6) is 0 Å². The van der Waals surface area contributed by atoms with Crippen LogP contribution >= 0.6 is 0 Å². The van der Waals surface area contributed by atoms with E-state index in [1.807, 2.05) is 0 Å². The number of aliphatic hydroxyl groups is 1. The van der Waals surface area contributed by atoms with Crippen molar-refractivity contribution in [1.29, 1.82) is 0 Å². The molecule has 2 aliphatic carbocycles. The van der Waals surface area contributed by atoms with Crippen molar-refractivity contribution < 1.29 is 9.90 Å². The molecule has 2 saturated carbocycles. The second-order valence-electron chi connectivity index (χ2n) is 7.50. The van der Waals surface area contributed by atoms with Gasteiger partial charge in [0.2, 0.25) is 5.91 Å². The molecule has 0 radical (unpaired) electrons. The molecule has 2 N–H and O–H groups in total. The highest BCUT2D eigenvalue weighted by Gasteiger charge is 2.32. The molecule has 0 bridgehead atoms. The zero-order chi connectivity index (χ0) is 15.4. The molecule has 3 rings (SSSR count). The number of nitrogens with one attached hydrogen (secondary N) is 1. The van der Waals surface area contributed by atoms with Crippen molar-refractivity contribution in [1.82, 2.24) is 10.2 Å². The smallest absolute Gasteiger partial charge is 0.244 e. The maximum Gasteiger partial charge on any atom is 0.244 e. The standard InChI is InChI=1S/C18H30N2O2/c21-17(13-15-5-4-6-15)19-16-7-11-20(12-8-16)14-18(22)9-2-1-3-10-18/h13,16,22H,1-12,14H2,(H,19,21). The van der Waals surface area contributed by atoms with Gasteiger partial charge in [-0.25, -0.2) is 0 Å². The Morgan fingerprint density at radius 2 is 1.86 bits per heavy atom. The van der Waals surface area contributed by atoms with Gasteiger partial charge in [-0.2, -0.15) is 0 Å². The van der Waals surface area contributed by atoms with Gasteiger partial charge in [0.15, 0.2) is 0 Å². The van der Waals surface area contributed by atoms with Gasteiger partial charge in [-0.3, -0.25) is 4.79 Å². The van der Waals surface area contributed by atoms with Crippen molar-refractivity contribution >= 4 is 5.91 Å². The second kappa shape index (κ2) is 7.14. The zero-order valence-corrected chi connectivity index (χ0v) is 13.6. The van der Waals surface area contributed by atoms with Crippen LogP contribution in [0.1, 0.15) is 64.2 Å². The lowest BCUT2D eigenvalue weighted by Crippen LogP contribution is -2.50. The Bertz CT molecular complexity index is 413. The molecule has 1 amide bonds. The van der Waals surface area contributed by atoms with E-state index in [9.17, 15) is 9.90 Å². The average Bonchev–Trinajstić information content (AvgIpc) is 2.46. The summed E-state index contributed by atoms with van der Waals surface area (Å²) in [4.78, 5) is 14.3. The Balaban J connectivity index is 1.39. The number of hydrogen-bond donors (Lipinski definition) is 2. The molecule has 3 aliphatic rings. The Labute approximate surface area is 134 Å². The van der Waals surface area contributed by atoms with Crippen molar-refractivity contribution in [3.63, 3.8) is 0 Å². The Hall–Kier alpha value is -0.870. The molecular formula is C18H30N2O2. The molecule has 0 unspecified atom stereocenters. The number of piperidine rings is 1. The van der Waals surface area contributed by atoms with E-state index in [1.165, 1.54) is 18.4 Å². The minimum Gasteiger partial charge on any atom is -0.389 e. The third-order valence-electron chi connectivity index (χ3n) is 5.57. The van der Waals surface area contributed by atoms with Crippen LogP contribution in [-0.2, 0) is 4.79 Å². The highest BCUT2D eigenvalue weighted by molar-refractivity contribution is 5.88. The summed E-state index contributed by atoms with van der Waals surface area (Å²) in [6, 6.07) is 0.307. The predicted octanol–water partition coefficient (Wildman–Crippen LogP) is 2.37. The molecule has 3 fully saturated rings. The summed E-state index contributed by atoms with van der Waals surface area (Å²) in [7, 11) is 0. The van der Waals surface area contributed by atoms with Crippen molar-refractivity contribution in [3.8, 4) is 0 Å². The van der Waals surface area contributed by atoms with Gasteiger partial charge >= 0.3 is 0 Å². The third-order valence-corrected chi connectivity index (χ3v) is 5.57. The van der Waals surface area contributed by atoms with Crippen LogP contribution in [-0.4, -0.2) is 47.2 Å². The fourth-order valence-electron chi connectivity index (χ4n) is 3.97. The minimum absolute atomic E-state index is 0.0964. The summed E-state index contributed by atoms with van der Waals surface area (Å²) in [6.45, 7) is 2.80. The Kier molecular flexibility index (Phi) is 5.19. The first-order chi connectivity index (χ1) is 10.6. The number of allylic oxidation sites excluding steroid dienone is 1. The molecule has 4 heteroatoms. The summed E-state index contributed by atoms with van der Waals surface area (Å²) in [5.41, 5.74) is 0.845. The molecule has 0 aromatic carbocycles. The van der Waals surface area contributed by atoms with Crippen molar-refractivity contribution in [2.75, 3.05) is 19.6 Å². The lowest BCUT2D eigenvalue weighted by molar-refractivity contribution is -0.117. The summed E-state index contributed by atoms with van der Waals surface area (Å²) in [5, 5.41) is 13.8. The number of likely N-dealkylation sites (tertiary alicyclic amines) is 1. The lowest BCUT2D eigenvalue weighted by Gasteiger charge is -2.40. The van der Waals surface area contributed by atoms with Crippen LogP contribution in [0.4, 0.5) is 0 Å². The lowest BCUT2D eigenvalue weighted by atomic mass is 9.84. The van der Waals surface area contributed by atoms with Crippen molar-refractivity contribution in [2.24, 2.45) is 0 Å². The first-order valence-corrected chi connectivity index (χ1v) is 9.08. The van der Waals surface area contributed by atoms with E-state index in [0.29, 0.717) is 6.04 Å². The van der Waals surface area contributed by atoms with E-state index in [-0.39, 0.29) is 5.91 Å². The maximum atomic E-state index is 11.9. The minimum atomic E-state index is -0.455. The van der Waals surface area contributed by atoms with Crippen LogP contribution < -0.4 is 5.32 Å². The molecule has 124 valence electrons. The van der Waals surface area contributed by atoms with E-state index in [4.69, 9.17) is 0 Å². The van der Waals surface area contributed by atoms with E-state index in [2.05, 4.69) is 10.2 Å². The third kappa shape index (κ3) is 4.32. The number of rotatable bonds is 4. The number of carbonyl (C=O) groups excluding carboxylic acids is 1. The van der Waals surface area contributed by atoms with Crippen LogP contribution in [0.2, 0.25) is 0 Å². The van der Waals surface area contributed by atoms with Gasteiger partial charge < -0.3 is 15.3 Å². The van der Waals surface area contributed by atoms with E-state index in [1.54, 1.807) is 6.08 Å². The first kappa shape index (κ1) is 16.0. The largest absolute Gasteiger partial charge is 0.389 e. The quantitative estimate of drug-likeness (QED) is 0.784. The average molecular weight is 306 g/mol. The molecule has 1 aliphatic heterocycles.